The van der Waals surface area contributed by atoms with E-state index in [1.807, 2.05) is 0 Å². The van der Waals surface area contributed by atoms with Gasteiger partial charge in [0.25, 0.3) is 0 Å². The molecule has 0 atom stereocenters. The SMILES string of the molecule is O=C(S)c1ccccc1C(=O)C1CCC1. The number of Topliss-reactive ketones (excluding diaryl/α,β-unsaturated/α-hetero) is 1. The molecule has 2 nitrogen and oxygen atoms in total. The van der Waals surface area contributed by atoms with Gasteiger partial charge in [0, 0.05) is 17.0 Å². The lowest BCUT2D eigenvalue weighted by molar-refractivity contribution is 0.0851. The van der Waals surface area contributed by atoms with Crippen molar-refractivity contribution < 1.29 is 9.59 Å². The highest BCUT2D eigenvalue weighted by molar-refractivity contribution is 7.97. The van der Waals surface area contributed by atoms with E-state index in [1.54, 1.807) is 24.3 Å². The minimum absolute atomic E-state index is 0.0965. The fourth-order valence-corrected chi connectivity index (χ4v) is 1.97. The highest BCUT2D eigenvalue weighted by Gasteiger charge is 2.28. The number of hydrogen-bond donors (Lipinski definition) is 1. The lowest BCUT2D eigenvalue weighted by Gasteiger charge is -2.24. The lowest BCUT2D eigenvalue weighted by Crippen LogP contribution is -2.23. The van der Waals surface area contributed by atoms with Gasteiger partial charge in [0.05, 0.1) is 0 Å². The molecule has 3 heteroatoms. The molecule has 0 radical (unpaired) electrons. The number of hydrogen-bond acceptors (Lipinski definition) is 2. The molecule has 0 amide bonds. The van der Waals surface area contributed by atoms with E-state index in [2.05, 4.69) is 12.6 Å². The van der Waals surface area contributed by atoms with Gasteiger partial charge in [0.2, 0.25) is 5.12 Å². The van der Waals surface area contributed by atoms with Crippen molar-refractivity contribution in [2.45, 2.75) is 19.3 Å². The van der Waals surface area contributed by atoms with Crippen LogP contribution >= 0.6 is 12.6 Å². The zero-order valence-electron chi connectivity index (χ0n) is 8.27. The van der Waals surface area contributed by atoms with E-state index < -0.39 is 0 Å². The van der Waals surface area contributed by atoms with Crippen LogP contribution in [0.15, 0.2) is 24.3 Å². The van der Waals surface area contributed by atoms with Crippen LogP contribution in [0.2, 0.25) is 0 Å². The number of carbonyl (C=O) groups is 2. The Morgan fingerprint density at radius 3 is 2.20 bits per heavy atom. The van der Waals surface area contributed by atoms with Crippen LogP contribution in [0.4, 0.5) is 0 Å². The molecular formula is C12H12O2S. The summed E-state index contributed by atoms with van der Waals surface area (Å²) in [6, 6.07) is 6.90. The molecule has 15 heavy (non-hydrogen) atoms. The van der Waals surface area contributed by atoms with Crippen LogP contribution < -0.4 is 0 Å². The summed E-state index contributed by atoms with van der Waals surface area (Å²) in [5, 5.41) is -0.335. The van der Waals surface area contributed by atoms with Crippen molar-refractivity contribution in [3.8, 4) is 0 Å². The molecule has 1 aliphatic carbocycles. The standard InChI is InChI=1S/C12H12O2S/c13-11(8-4-3-5-8)9-6-1-2-7-10(9)12(14)15/h1-2,6-8H,3-5H2,(H,14,15). The summed E-state index contributed by atoms with van der Waals surface area (Å²) in [5.74, 6) is 0.220. The number of rotatable bonds is 3. The van der Waals surface area contributed by atoms with Gasteiger partial charge in [-0.15, -0.1) is 12.6 Å². The quantitative estimate of drug-likeness (QED) is 0.627. The molecule has 1 aromatic carbocycles. The Morgan fingerprint density at radius 2 is 1.73 bits per heavy atom. The van der Waals surface area contributed by atoms with Crippen LogP contribution in [0.5, 0.6) is 0 Å². The molecule has 78 valence electrons. The highest BCUT2D eigenvalue weighted by atomic mass is 32.1. The monoisotopic (exact) mass is 220 g/mol. The van der Waals surface area contributed by atoms with Gasteiger partial charge in [-0.25, -0.2) is 0 Å². The summed E-state index contributed by atoms with van der Waals surface area (Å²) in [7, 11) is 0. The largest absolute Gasteiger partial charge is 0.294 e. The normalized spacial score (nSPS) is 15.8. The maximum atomic E-state index is 12.0. The van der Waals surface area contributed by atoms with Crippen molar-refractivity contribution in [2.24, 2.45) is 5.92 Å². The molecule has 0 saturated heterocycles. The maximum Gasteiger partial charge on any atom is 0.217 e. The fraction of sp³-hybridized carbons (Fsp3) is 0.333. The van der Waals surface area contributed by atoms with Gasteiger partial charge < -0.3 is 0 Å². The Bertz CT molecular complexity index is 408. The van der Waals surface area contributed by atoms with Gasteiger partial charge >= 0.3 is 0 Å². The minimum atomic E-state index is -0.335. The molecule has 2 rings (SSSR count). The molecule has 0 unspecified atom stereocenters. The van der Waals surface area contributed by atoms with E-state index in [4.69, 9.17) is 0 Å². The van der Waals surface area contributed by atoms with E-state index >= 15 is 0 Å². The van der Waals surface area contributed by atoms with Crippen molar-refractivity contribution in [1.29, 1.82) is 0 Å². The third-order valence-electron chi connectivity index (χ3n) is 2.90. The summed E-state index contributed by atoms with van der Waals surface area (Å²) < 4.78 is 0. The molecule has 0 spiro atoms. The molecule has 1 fully saturated rings. The second-order valence-electron chi connectivity index (χ2n) is 3.84. The average molecular weight is 220 g/mol. The van der Waals surface area contributed by atoms with Crippen LogP contribution in [0.1, 0.15) is 40.0 Å². The summed E-state index contributed by atoms with van der Waals surface area (Å²) in [5.41, 5.74) is 0.958. The average Bonchev–Trinajstić information content (AvgIpc) is 2.15. The second kappa shape index (κ2) is 4.19. The summed E-state index contributed by atoms with van der Waals surface area (Å²) in [6.45, 7) is 0. The van der Waals surface area contributed by atoms with Gasteiger partial charge in [0.1, 0.15) is 0 Å². The number of ketones is 1. The summed E-state index contributed by atoms with van der Waals surface area (Å²) >= 11 is 3.78. The maximum absolute atomic E-state index is 12.0. The Labute approximate surface area is 94.1 Å². The zero-order valence-corrected chi connectivity index (χ0v) is 9.17. The van der Waals surface area contributed by atoms with Crippen LogP contribution in [-0.2, 0) is 0 Å². The third-order valence-corrected chi connectivity index (χ3v) is 3.14. The molecule has 1 aromatic rings. The first-order valence-electron chi connectivity index (χ1n) is 5.06. The predicted octanol–water partition coefficient (Wildman–Crippen LogP) is 2.74. The Morgan fingerprint density at radius 1 is 1.13 bits per heavy atom. The first-order valence-corrected chi connectivity index (χ1v) is 5.51. The Balaban J connectivity index is 2.33. The van der Waals surface area contributed by atoms with Crippen LogP contribution in [0, 0.1) is 5.92 Å². The minimum Gasteiger partial charge on any atom is -0.294 e. The van der Waals surface area contributed by atoms with E-state index in [-0.39, 0.29) is 16.8 Å². The predicted molar refractivity (Wildman–Crippen MR) is 61.4 cm³/mol. The van der Waals surface area contributed by atoms with Crippen molar-refractivity contribution in [2.75, 3.05) is 0 Å². The van der Waals surface area contributed by atoms with Crippen molar-refractivity contribution >= 4 is 23.5 Å². The molecule has 1 saturated carbocycles. The number of carbonyl (C=O) groups excluding carboxylic acids is 2. The van der Waals surface area contributed by atoms with E-state index in [0.29, 0.717) is 11.1 Å². The Kier molecular flexibility index (Phi) is 2.91. The number of thiol groups is 1. The van der Waals surface area contributed by atoms with E-state index in [0.717, 1.165) is 19.3 Å². The third kappa shape index (κ3) is 1.97. The number of benzene rings is 1. The van der Waals surface area contributed by atoms with Crippen molar-refractivity contribution in [3.05, 3.63) is 35.4 Å². The summed E-state index contributed by atoms with van der Waals surface area (Å²) in [6.07, 6.45) is 3.02. The fourth-order valence-electron chi connectivity index (χ4n) is 1.77. The lowest BCUT2D eigenvalue weighted by atomic mass is 9.79. The molecule has 0 aliphatic heterocycles. The highest BCUT2D eigenvalue weighted by Crippen LogP contribution is 2.30. The Hall–Kier alpha value is -1.09. The van der Waals surface area contributed by atoms with E-state index in [9.17, 15) is 9.59 Å². The summed E-state index contributed by atoms with van der Waals surface area (Å²) in [4.78, 5) is 23.2. The van der Waals surface area contributed by atoms with Crippen LogP contribution in [0.3, 0.4) is 0 Å². The molecule has 0 aromatic heterocycles. The van der Waals surface area contributed by atoms with Gasteiger partial charge in [-0.2, -0.15) is 0 Å². The molecule has 0 N–H and O–H groups in total. The second-order valence-corrected chi connectivity index (χ2v) is 4.25. The van der Waals surface area contributed by atoms with Gasteiger partial charge in [-0.1, -0.05) is 24.6 Å². The van der Waals surface area contributed by atoms with Gasteiger partial charge in [-0.3, -0.25) is 9.59 Å². The molecule has 0 heterocycles. The first-order chi connectivity index (χ1) is 7.20. The first kappa shape index (κ1) is 10.4. The van der Waals surface area contributed by atoms with Gasteiger partial charge in [-0.05, 0) is 18.9 Å². The van der Waals surface area contributed by atoms with Crippen molar-refractivity contribution in [3.63, 3.8) is 0 Å². The van der Waals surface area contributed by atoms with Crippen LogP contribution in [0.25, 0.3) is 0 Å². The molecular weight excluding hydrogens is 208 g/mol. The molecule has 0 bridgehead atoms. The molecule has 1 aliphatic rings. The van der Waals surface area contributed by atoms with Crippen LogP contribution in [-0.4, -0.2) is 10.9 Å². The van der Waals surface area contributed by atoms with E-state index in [1.165, 1.54) is 0 Å². The van der Waals surface area contributed by atoms with Crippen molar-refractivity contribution in [1.82, 2.24) is 0 Å². The smallest absolute Gasteiger partial charge is 0.217 e. The van der Waals surface area contributed by atoms with Gasteiger partial charge in [0.15, 0.2) is 5.78 Å². The zero-order chi connectivity index (χ0) is 10.8. The topological polar surface area (TPSA) is 34.1 Å².